The highest BCUT2D eigenvalue weighted by atomic mass is 16.4. The van der Waals surface area contributed by atoms with Crippen LogP contribution in [0.4, 0.5) is 0 Å². The van der Waals surface area contributed by atoms with Gasteiger partial charge in [-0.3, -0.25) is 0 Å². The van der Waals surface area contributed by atoms with Crippen LogP contribution < -0.4 is 0 Å². The molecule has 2 aromatic rings. The van der Waals surface area contributed by atoms with Gasteiger partial charge in [-0.25, -0.2) is 4.79 Å². The fourth-order valence-electron chi connectivity index (χ4n) is 2.49. The number of hydrogen-bond donors (Lipinski definition) is 1. The van der Waals surface area contributed by atoms with Crippen LogP contribution in [0.15, 0.2) is 24.3 Å². The van der Waals surface area contributed by atoms with Gasteiger partial charge in [0.1, 0.15) is 5.69 Å². The largest absolute Gasteiger partial charge is 0.477 e. The Kier molecular flexibility index (Phi) is 2.34. The highest BCUT2D eigenvalue weighted by molar-refractivity contribution is 5.95. The quantitative estimate of drug-likeness (QED) is 0.877. The first-order valence-corrected chi connectivity index (χ1v) is 5.99. The van der Waals surface area contributed by atoms with Gasteiger partial charge in [-0.15, -0.1) is 0 Å². The molecule has 4 heteroatoms. The molecule has 0 saturated heterocycles. The smallest absolute Gasteiger partial charge is 0.352 e. The molecule has 4 nitrogen and oxygen atoms in total. The Morgan fingerprint density at radius 3 is 2.72 bits per heavy atom. The molecule has 1 fully saturated rings. The molecule has 0 spiro atoms. The van der Waals surface area contributed by atoms with Crippen molar-refractivity contribution >= 4 is 16.9 Å². The van der Waals surface area contributed by atoms with Gasteiger partial charge < -0.3 is 9.67 Å². The summed E-state index contributed by atoms with van der Waals surface area (Å²) in [6.45, 7) is 0. The van der Waals surface area contributed by atoms with Crippen molar-refractivity contribution in [1.82, 2.24) is 4.57 Å². The Balaban J connectivity index is 2.28. The second-order valence-corrected chi connectivity index (χ2v) is 4.67. The number of hydrogen-bond acceptors (Lipinski definition) is 2. The third kappa shape index (κ3) is 1.48. The predicted molar refractivity (Wildman–Crippen MR) is 66.5 cm³/mol. The van der Waals surface area contributed by atoms with Gasteiger partial charge in [0, 0.05) is 11.4 Å². The lowest BCUT2D eigenvalue weighted by atomic mass is 9.92. The van der Waals surface area contributed by atoms with E-state index in [1.807, 2.05) is 10.6 Å². The Labute approximate surface area is 104 Å². The molecule has 0 aliphatic heterocycles. The lowest BCUT2D eigenvalue weighted by Crippen LogP contribution is -2.20. The van der Waals surface area contributed by atoms with Crippen molar-refractivity contribution in [1.29, 1.82) is 5.26 Å². The first-order valence-electron chi connectivity index (χ1n) is 5.99. The van der Waals surface area contributed by atoms with Crippen molar-refractivity contribution in [3.63, 3.8) is 0 Å². The number of carbonyl (C=O) groups is 1. The SMILES string of the molecule is N#Cc1ccc2cc(C(=O)O)n(C3CCC3)c2c1. The number of carboxylic acids is 1. The Morgan fingerprint density at radius 2 is 2.17 bits per heavy atom. The molecule has 1 aromatic carbocycles. The lowest BCUT2D eigenvalue weighted by molar-refractivity contribution is 0.0679. The molecule has 1 aliphatic rings. The Bertz CT molecular complexity index is 675. The van der Waals surface area contributed by atoms with Gasteiger partial charge in [-0.05, 0) is 37.5 Å². The van der Waals surface area contributed by atoms with E-state index in [4.69, 9.17) is 5.26 Å². The van der Waals surface area contributed by atoms with Crippen molar-refractivity contribution in [2.75, 3.05) is 0 Å². The number of fused-ring (bicyclic) bond motifs is 1. The molecule has 1 aliphatic carbocycles. The Hall–Kier alpha value is -2.28. The maximum absolute atomic E-state index is 11.3. The zero-order chi connectivity index (χ0) is 12.7. The molecule has 1 N–H and O–H groups in total. The molecule has 1 aromatic heterocycles. The van der Waals surface area contributed by atoms with Crippen molar-refractivity contribution < 1.29 is 9.90 Å². The number of aromatic carboxylic acids is 1. The number of nitrogens with zero attached hydrogens (tertiary/aromatic N) is 2. The molecular weight excluding hydrogens is 228 g/mol. The summed E-state index contributed by atoms with van der Waals surface area (Å²) in [6, 6.07) is 9.37. The fourth-order valence-corrected chi connectivity index (χ4v) is 2.49. The van der Waals surface area contributed by atoms with Crippen LogP contribution in [0.2, 0.25) is 0 Å². The van der Waals surface area contributed by atoms with Gasteiger partial charge in [-0.1, -0.05) is 6.07 Å². The summed E-state index contributed by atoms with van der Waals surface area (Å²) in [5.74, 6) is -0.906. The molecule has 0 bridgehead atoms. The second-order valence-electron chi connectivity index (χ2n) is 4.67. The molecule has 1 heterocycles. The average Bonchev–Trinajstić information content (AvgIpc) is 2.66. The van der Waals surface area contributed by atoms with E-state index in [0.717, 1.165) is 30.2 Å². The summed E-state index contributed by atoms with van der Waals surface area (Å²) in [5.41, 5.74) is 1.75. The van der Waals surface area contributed by atoms with Crippen LogP contribution >= 0.6 is 0 Å². The topological polar surface area (TPSA) is 66.0 Å². The summed E-state index contributed by atoms with van der Waals surface area (Å²) in [7, 11) is 0. The van der Waals surface area contributed by atoms with E-state index < -0.39 is 5.97 Å². The standard InChI is InChI=1S/C14H12N2O2/c15-8-9-4-5-10-7-13(14(17)18)16(12(10)6-9)11-2-1-3-11/h4-7,11H,1-3H2,(H,17,18). The molecule has 3 rings (SSSR count). The zero-order valence-electron chi connectivity index (χ0n) is 9.76. The van der Waals surface area contributed by atoms with Gasteiger partial charge in [0.2, 0.25) is 0 Å². The summed E-state index contributed by atoms with van der Waals surface area (Å²) in [4.78, 5) is 11.3. The second kappa shape index (κ2) is 3.88. The summed E-state index contributed by atoms with van der Waals surface area (Å²) >= 11 is 0. The number of benzene rings is 1. The highest BCUT2D eigenvalue weighted by Gasteiger charge is 2.26. The van der Waals surface area contributed by atoms with Gasteiger partial charge in [-0.2, -0.15) is 5.26 Å². The molecule has 18 heavy (non-hydrogen) atoms. The van der Waals surface area contributed by atoms with E-state index in [1.54, 1.807) is 18.2 Å². The van der Waals surface area contributed by atoms with E-state index in [0.29, 0.717) is 11.3 Å². The van der Waals surface area contributed by atoms with Crippen molar-refractivity contribution in [2.45, 2.75) is 25.3 Å². The third-order valence-electron chi connectivity index (χ3n) is 3.63. The zero-order valence-corrected chi connectivity index (χ0v) is 9.76. The van der Waals surface area contributed by atoms with Crippen LogP contribution in [0, 0.1) is 11.3 Å². The molecular formula is C14H12N2O2. The minimum atomic E-state index is -0.906. The summed E-state index contributed by atoms with van der Waals surface area (Å²) in [6.07, 6.45) is 3.17. The number of aromatic nitrogens is 1. The minimum absolute atomic E-state index is 0.266. The van der Waals surface area contributed by atoms with Crippen LogP contribution in [-0.2, 0) is 0 Å². The Morgan fingerprint density at radius 1 is 1.39 bits per heavy atom. The number of carboxylic acid groups (broad SMARTS) is 1. The van der Waals surface area contributed by atoms with E-state index in [2.05, 4.69) is 6.07 Å². The van der Waals surface area contributed by atoms with Gasteiger partial charge in [0.05, 0.1) is 17.1 Å². The van der Waals surface area contributed by atoms with Crippen LogP contribution in [0.5, 0.6) is 0 Å². The third-order valence-corrected chi connectivity index (χ3v) is 3.63. The first-order chi connectivity index (χ1) is 8.70. The van der Waals surface area contributed by atoms with Crippen LogP contribution in [0.1, 0.15) is 41.4 Å². The van der Waals surface area contributed by atoms with Gasteiger partial charge in [0.15, 0.2) is 0 Å². The monoisotopic (exact) mass is 240 g/mol. The highest BCUT2D eigenvalue weighted by Crippen LogP contribution is 2.36. The maximum atomic E-state index is 11.3. The lowest BCUT2D eigenvalue weighted by Gasteiger charge is -2.29. The van der Waals surface area contributed by atoms with Gasteiger partial charge in [0.25, 0.3) is 0 Å². The maximum Gasteiger partial charge on any atom is 0.352 e. The first kappa shape index (κ1) is 10.8. The van der Waals surface area contributed by atoms with E-state index in [9.17, 15) is 9.90 Å². The summed E-state index contributed by atoms with van der Waals surface area (Å²) in [5, 5.41) is 19.1. The van der Waals surface area contributed by atoms with Crippen LogP contribution in [-0.4, -0.2) is 15.6 Å². The summed E-state index contributed by atoms with van der Waals surface area (Å²) < 4.78 is 1.88. The molecule has 1 saturated carbocycles. The normalized spacial score (nSPS) is 15.3. The number of nitriles is 1. The molecule has 90 valence electrons. The number of rotatable bonds is 2. The average molecular weight is 240 g/mol. The molecule has 0 atom stereocenters. The van der Waals surface area contributed by atoms with Crippen LogP contribution in [0.25, 0.3) is 10.9 Å². The van der Waals surface area contributed by atoms with Gasteiger partial charge >= 0.3 is 5.97 Å². The molecule has 0 radical (unpaired) electrons. The van der Waals surface area contributed by atoms with E-state index >= 15 is 0 Å². The van der Waals surface area contributed by atoms with Crippen LogP contribution in [0.3, 0.4) is 0 Å². The predicted octanol–water partition coefficient (Wildman–Crippen LogP) is 2.94. The molecule has 0 amide bonds. The minimum Gasteiger partial charge on any atom is -0.477 e. The van der Waals surface area contributed by atoms with E-state index in [-0.39, 0.29) is 6.04 Å². The van der Waals surface area contributed by atoms with Crippen molar-refractivity contribution in [3.05, 3.63) is 35.5 Å². The fraction of sp³-hybridized carbons (Fsp3) is 0.286. The van der Waals surface area contributed by atoms with Crippen molar-refractivity contribution in [3.8, 4) is 6.07 Å². The van der Waals surface area contributed by atoms with E-state index in [1.165, 1.54) is 0 Å². The molecule has 0 unspecified atom stereocenters. The van der Waals surface area contributed by atoms with Crippen molar-refractivity contribution in [2.24, 2.45) is 0 Å².